The zero-order valence-electron chi connectivity index (χ0n) is 10.4. The van der Waals surface area contributed by atoms with Gasteiger partial charge in [-0.3, -0.25) is 9.59 Å². The van der Waals surface area contributed by atoms with Gasteiger partial charge in [-0.15, -0.1) is 0 Å². The number of ketones is 1. The topological polar surface area (TPSA) is 37.4 Å². The van der Waals surface area contributed by atoms with Crippen molar-refractivity contribution >= 4 is 17.4 Å². The number of fused-ring (bicyclic) bond motifs is 1. The number of hydrogen-bond donors (Lipinski definition) is 0. The quantitative estimate of drug-likeness (QED) is 0.786. The van der Waals surface area contributed by atoms with E-state index in [9.17, 15) is 9.59 Å². The van der Waals surface area contributed by atoms with Gasteiger partial charge >= 0.3 is 0 Å². The molecule has 19 heavy (non-hydrogen) atoms. The molecule has 3 rings (SSSR count). The van der Waals surface area contributed by atoms with Gasteiger partial charge in [0.1, 0.15) is 0 Å². The van der Waals surface area contributed by atoms with Crippen molar-refractivity contribution in [2.45, 2.75) is 6.42 Å². The van der Waals surface area contributed by atoms with Gasteiger partial charge in [-0.05, 0) is 11.6 Å². The Hall–Kier alpha value is -2.42. The molecule has 0 spiro atoms. The van der Waals surface area contributed by atoms with Crippen LogP contribution < -0.4 is 4.90 Å². The summed E-state index contributed by atoms with van der Waals surface area (Å²) in [6.45, 7) is 0.111. The van der Waals surface area contributed by atoms with Gasteiger partial charge in [0.15, 0.2) is 5.78 Å². The molecule has 1 heterocycles. The van der Waals surface area contributed by atoms with E-state index in [2.05, 4.69) is 0 Å². The Balaban J connectivity index is 1.85. The fraction of sp³-hybridized carbons (Fsp3) is 0.125. The van der Waals surface area contributed by atoms with Crippen molar-refractivity contribution in [2.75, 3.05) is 11.4 Å². The zero-order valence-corrected chi connectivity index (χ0v) is 10.4. The molecule has 0 saturated heterocycles. The summed E-state index contributed by atoms with van der Waals surface area (Å²) in [4.78, 5) is 25.7. The standard InChI is InChI=1S/C16H13NO2/c18-15(12-6-2-1-3-7-12)11-17-14-9-5-4-8-13(14)10-16(17)19/h1-9H,10-11H2. The predicted molar refractivity (Wildman–Crippen MR) is 73.3 cm³/mol. The minimum Gasteiger partial charge on any atom is -0.304 e. The Morgan fingerprint density at radius 1 is 1.00 bits per heavy atom. The third-order valence-electron chi connectivity index (χ3n) is 3.32. The molecule has 0 saturated carbocycles. The Labute approximate surface area is 111 Å². The van der Waals surface area contributed by atoms with E-state index in [-0.39, 0.29) is 18.2 Å². The summed E-state index contributed by atoms with van der Waals surface area (Å²) >= 11 is 0. The van der Waals surface area contributed by atoms with Gasteiger partial charge in [-0.1, -0.05) is 48.5 Å². The van der Waals surface area contributed by atoms with Gasteiger partial charge in [-0.2, -0.15) is 0 Å². The second-order valence-corrected chi connectivity index (χ2v) is 4.57. The summed E-state index contributed by atoms with van der Waals surface area (Å²) in [6.07, 6.45) is 0.387. The Kier molecular flexibility index (Phi) is 2.88. The van der Waals surface area contributed by atoms with E-state index in [0.717, 1.165) is 11.3 Å². The fourth-order valence-electron chi connectivity index (χ4n) is 2.35. The van der Waals surface area contributed by atoms with Crippen molar-refractivity contribution in [1.29, 1.82) is 0 Å². The molecule has 2 aromatic carbocycles. The smallest absolute Gasteiger partial charge is 0.231 e. The van der Waals surface area contributed by atoms with Crippen molar-refractivity contribution in [1.82, 2.24) is 0 Å². The van der Waals surface area contributed by atoms with Gasteiger partial charge < -0.3 is 4.90 Å². The highest BCUT2D eigenvalue weighted by Crippen LogP contribution is 2.28. The maximum Gasteiger partial charge on any atom is 0.231 e. The van der Waals surface area contributed by atoms with E-state index in [0.29, 0.717) is 12.0 Å². The van der Waals surface area contributed by atoms with E-state index in [1.165, 1.54) is 0 Å². The third kappa shape index (κ3) is 2.15. The number of amides is 1. The molecule has 1 aliphatic rings. The lowest BCUT2D eigenvalue weighted by Gasteiger charge is -2.16. The first-order valence-electron chi connectivity index (χ1n) is 6.22. The highest BCUT2D eigenvalue weighted by atomic mass is 16.2. The molecule has 0 atom stereocenters. The van der Waals surface area contributed by atoms with Crippen LogP contribution in [0.4, 0.5) is 5.69 Å². The summed E-state index contributed by atoms with van der Waals surface area (Å²) in [5.41, 5.74) is 2.49. The number of hydrogen-bond acceptors (Lipinski definition) is 2. The lowest BCUT2D eigenvalue weighted by molar-refractivity contribution is -0.117. The second kappa shape index (κ2) is 4.69. The summed E-state index contributed by atoms with van der Waals surface area (Å²) in [5.74, 6) is -0.0452. The molecule has 0 bridgehead atoms. The van der Waals surface area contributed by atoms with Crippen LogP contribution in [0.15, 0.2) is 54.6 Å². The van der Waals surface area contributed by atoms with E-state index in [1.807, 2.05) is 42.5 Å². The van der Waals surface area contributed by atoms with Crippen molar-refractivity contribution in [3.63, 3.8) is 0 Å². The largest absolute Gasteiger partial charge is 0.304 e. The number of para-hydroxylation sites is 1. The molecule has 0 unspecified atom stereocenters. The molecule has 0 N–H and O–H groups in total. The number of benzene rings is 2. The van der Waals surface area contributed by atoms with E-state index < -0.39 is 0 Å². The van der Waals surface area contributed by atoms with Crippen LogP contribution in [0.2, 0.25) is 0 Å². The number of anilines is 1. The highest BCUT2D eigenvalue weighted by Gasteiger charge is 2.28. The van der Waals surface area contributed by atoms with Gasteiger partial charge in [-0.25, -0.2) is 0 Å². The van der Waals surface area contributed by atoms with Crippen LogP contribution in [0.3, 0.4) is 0 Å². The van der Waals surface area contributed by atoms with Gasteiger partial charge in [0, 0.05) is 11.3 Å². The molecular formula is C16H13NO2. The first-order valence-corrected chi connectivity index (χ1v) is 6.22. The van der Waals surface area contributed by atoms with Crippen molar-refractivity contribution in [3.8, 4) is 0 Å². The van der Waals surface area contributed by atoms with Gasteiger partial charge in [0.2, 0.25) is 5.91 Å². The first kappa shape index (κ1) is 11.7. The van der Waals surface area contributed by atoms with Crippen LogP contribution in [0.25, 0.3) is 0 Å². The average molecular weight is 251 g/mol. The summed E-state index contributed by atoms with van der Waals surface area (Å²) in [5, 5.41) is 0. The molecule has 1 aliphatic heterocycles. The SMILES string of the molecule is O=C(CN1C(=O)Cc2ccccc21)c1ccccc1. The zero-order chi connectivity index (χ0) is 13.2. The average Bonchev–Trinajstić information content (AvgIpc) is 2.76. The minimum absolute atomic E-state index is 0.00881. The van der Waals surface area contributed by atoms with Crippen molar-refractivity contribution < 1.29 is 9.59 Å². The van der Waals surface area contributed by atoms with Crippen LogP contribution in [-0.4, -0.2) is 18.2 Å². The lowest BCUT2D eigenvalue weighted by Crippen LogP contribution is -2.32. The molecule has 0 fully saturated rings. The number of nitrogens with zero attached hydrogens (tertiary/aromatic N) is 1. The molecule has 0 aliphatic carbocycles. The molecule has 1 amide bonds. The number of carbonyl (C=O) groups is 2. The maximum absolute atomic E-state index is 12.2. The molecule has 3 heteroatoms. The van der Waals surface area contributed by atoms with E-state index >= 15 is 0 Å². The Bertz CT molecular complexity index is 634. The molecule has 3 nitrogen and oxygen atoms in total. The normalized spacial score (nSPS) is 13.5. The fourth-order valence-corrected chi connectivity index (χ4v) is 2.35. The van der Waals surface area contributed by atoms with Crippen molar-refractivity contribution in [3.05, 3.63) is 65.7 Å². The maximum atomic E-state index is 12.2. The molecule has 2 aromatic rings. The van der Waals surface area contributed by atoms with E-state index in [1.54, 1.807) is 17.0 Å². The third-order valence-corrected chi connectivity index (χ3v) is 3.32. The summed E-state index contributed by atoms with van der Waals surface area (Å²) in [7, 11) is 0. The second-order valence-electron chi connectivity index (χ2n) is 4.57. The number of rotatable bonds is 3. The first-order chi connectivity index (χ1) is 9.25. The number of carbonyl (C=O) groups excluding carboxylic acids is 2. The van der Waals surface area contributed by atoms with Crippen LogP contribution in [0.5, 0.6) is 0 Å². The molecule has 0 aromatic heterocycles. The van der Waals surface area contributed by atoms with Gasteiger partial charge in [0.05, 0.1) is 13.0 Å². The highest BCUT2D eigenvalue weighted by molar-refractivity contribution is 6.08. The number of Topliss-reactive ketones (excluding diaryl/α,β-unsaturated/α-hetero) is 1. The molecule has 94 valence electrons. The Morgan fingerprint density at radius 3 is 2.47 bits per heavy atom. The van der Waals surface area contributed by atoms with Crippen LogP contribution >= 0.6 is 0 Å². The predicted octanol–water partition coefficient (Wildman–Crippen LogP) is 2.46. The van der Waals surface area contributed by atoms with Crippen molar-refractivity contribution in [2.24, 2.45) is 0 Å². The van der Waals surface area contributed by atoms with Crippen LogP contribution in [0.1, 0.15) is 15.9 Å². The summed E-state index contributed by atoms with van der Waals surface area (Å²) in [6, 6.07) is 16.7. The minimum atomic E-state index is -0.0364. The van der Waals surface area contributed by atoms with Gasteiger partial charge in [0.25, 0.3) is 0 Å². The Morgan fingerprint density at radius 2 is 1.68 bits per heavy atom. The monoisotopic (exact) mass is 251 g/mol. The summed E-state index contributed by atoms with van der Waals surface area (Å²) < 4.78 is 0. The lowest BCUT2D eigenvalue weighted by atomic mass is 10.1. The van der Waals surface area contributed by atoms with Crippen LogP contribution in [-0.2, 0) is 11.2 Å². The molecule has 0 radical (unpaired) electrons. The van der Waals surface area contributed by atoms with Crippen LogP contribution in [0, 0.1) is 0 Å². The molecular weight excluding hydrogens is 238 g/mol. The van der Waals surface area contributed by atoms with E-state index in [4.69, 9.17) is 0 Å².